The zero-order valence-corrected chi connectivity index (χ0v) is 26.9. The van der Waals surface area contributed by atoms with E-state index in [1.54, 1.807) is 41.5 Å². The van der Waals surface area contributed by atoms with Crippen LogP contribution in [0.3, 0.4) is 0 Å². The summed E-state index contributed by atoms with van der Waals surface area (Å²) in [4.78, 5) is 79.1. The number of rotatable bonds is 7. The molecule has 2 saturated heterocycles. The highest BCUT2D eigenvalue weighted by molar-refractivity contribution is 5.87. The Morgan fingerprint density at radius 2 is 1.26 bits per heavy atom. The molecule has 4 atom stereocenters. The van der Waals surface area contributed by atoms with Crippen molar-refractivity contribution < 1.29 is 43.0 Å². The number of esters is 1. The van der Waals surface area contributed by atoms with Crippen LogP contribution in [0.5, 0.6) is 0 Å². The summed E-state index contributed by atoms with van der Waals surface area (Å²) in [7, 11) is 1.27. The minimum Gasteiger partial charge on any atom is -0.467 e. The second kappa shape index (κ2) is 13.6. The van der Waals surface area contributed by atoms with Crippen LogP contribution in [-0.4, -0.2) is 95.0 Å². The van der Waals surface area contributed by atoms with Gasteiger partial charge in [0.1, 0.15) is 23.0 Å². The second-order valence-electron chi connectivity index (χ2n) is 14.2. The van der Waals surface area contributed by atoms with Gasteiger partial charge in [0.05, 0.1) is 13.2 Å². The van der Waals surface area contributed by atoms with Crippen LogP contribution in [0, 0.1) is 17.8 Å². The number of nitrogens with one attached hydrogen (secondary N) is 1. The zero-order valence-electron chi connectivity index (χ0n) is 26.9. The number of amides is 3. The van der Waals surface area contributed by atoms with Crippen LogP contribution in [0.1, 0.15) is 93.4 Å². The molecule has 0 aromatic carbocycles. The SMILES string of the molecule is COC(=O)[C@@H]1C[C@H](CC(=O)C2CCC(C(=O)N[C@H]3C[C@@H](C(C)=O)N(C(=O)OC(C)(C)C)C3)CC2)CN1C(=O)OC(C)(C)C. The predicted octanol–water partition coefficient (Wildman–Crippen LogP) is 3.63. The second-order valence-corrected chi connectivity index (χ2v) is 14.2. The molecule has 2 heterocycles. The number of carbonyl (C=O) groups is 6. The normalized spacial score (nSPS) is 27.8. The Morgan fingerprint density at radius 3 is 1.74 bits per heavy atom. The molecule has 3 aliphatic rings. The van der Waals surface area contributed by atoms with Crippen molar-refractivity contribution in [2.45, 2.75) is 123 Å². The Labute approximate surface area is 254 Å². The molecule has 1 saturated carbocycles. The highest BCUT2D eigenvalue weighted by Gasteiger charge is 2.44. The Bertz CT molecular complexity index is 1090. The van der Waals surface area contributed by atoms with E-state index < -0.39 is 41.4 Å². The summed E-state index contributed by atoms with van der Waals surface area (Å²) in [6.45, 7) is 12.4. The fourth-order valence-electron chi connectivity index (χ4n) is 6.25. The highest BCUT2D eigenvalue weighted by atomic mass is 16.6. The van der Waals surface area contributed by atoms with Crippen LogP contribution in [0.25, 0.3) is 0 Å². The van der Waals surface area contributed by atoms with Gasteiger partial charge in [0.2, 0.25) is 5.91 Å². The van der Waals surface area contributed by atoms with Crippen molar-refractivity contribution in [3.8, 4) is 0 Å². The number of carbonyl (C=O) groups excluding carboxylic acids is 6. The van der Waals surface area contributed by atoms with Gasteiger partial charge in [0.15, 0.2) is 5.78 Å². The van der Waals surface area contributed by atoms with Crippen molar-refractivity contribution >= 4 is 35.6 Å². The summed E-state index contributed by atoms with van der Waals surface area (Å²) in [6, 6.07) is -1.79. The molecule has 12 heteroatoms. The van der Waals surface area contributed by atoms with Gasteiger partial charge in [-0.2, -0.15) is 0 Å². The van der Waals surface area contributed by atoms with Gasteiger partial charge in [-0.25, -0.2) is 14.4 Å². The number of hydrogen-bond acceptors (Lipinski definition) is 9. The molecule has 0 aromatic heterocycles. The number of Topliss-reactive ketones (excluding diaryl/α,β-unsaturated/α-hetero) is 2. The summed E-state index contributed by atoms with van der Waals surface area (Å²) >= 11 is 0. The van der Waals surface area contributed by atoms with E-state index in [1.165, 1.54) is 23.8 Å². The van der Waals surface area contributed by atoms with Gasteiger partial charge in [0, 0.05) is 37.4 Å². The lowest BCUT2D eigenvalue weighted by molar-refractivity contribution is -0.145. The maximum atomic E-state index is 13.2. The van der Waals surface area contributed by atoms with E-state index in [-0.39, 0.29) is 60.8 Å². The van der Waals surface area contributed by atoms with E-state index in [4.69, 9.17) is 14.2 Å². The van der Waals surface area contributed by atoms with Crippen molar-refractivity contribution in [3.05, 3.63) is 0 Å². The number of ether oxygens (including phenoxy) is 3. The third kappa shape index (κ3) is 9.40. The summed E-state index contributed by atoms with van der Waals surface area (Å²) in [5, 5.41) is 3.02. The van der Waals surface area contributed by atoms with Gasteiger partial charge >= 0.3 is 18.2 Å². The molecule has 1 N–H and O–H groups in total. The van der Waals surface area contributed by atoms with E-state index in [9.17, 15) is 28.8 Å². The first kappa shape index (κ1) is 34.3. The number of nitrogens with zero attached hydrogens (tertiary/aromatic N) is 2. The Morgan fingerprint density at radius 1 is 0.744 bits per heavy atom. The molecule has 0 aromatic rings. The molecule has 3 amide bonds. The lowest BCUT2D eigenvalue weighted by Crippen LogP contribution is -2.44. The van der Waals surface area contributed by atoms with Crippen LogP contribution in [0.4, 0.5) is 9.59 Å². The summed E-state index contributed by atoms with van der Waals surface area (Å²) in [5.74, 6) is -1.37. The molecule has 1 aliphatic carbocycles. The predicted molar refractivity (Wildman–Crippen MR) is 156 cm³/mol. The first-order valence-electron chi connectivity index (χ1n) is 15.3. The molecule has 0 bridgehead atoms. The number of likely N-dealkylation sites (tertiary alicyclic amines) is 2. The molecule has 3 rings (SSSR count). The quantitative estimate of drug-likeness (QED) is 0.338. The summed E-state index contributed by atoms with van der Waals surface area (Å²) in [5.41, 5.74) is -1.42. The highest BCUT2D eigenvalue weighted by Crippen LogP contribution is 2.34. The van der Waals surface area contributed by atoms with Crippen LogP contribution < -0.4 is 5.32 Å². The van der Waals surface area contributed by atoms with Crippen LogP contribution in [0.2, 0.25) is 0 Å². The van der Waals surface area contributed by atoms with Crippen molar-refractivity contribution in [1.29, 1.82) is 0 Å². The molecule has 2 aliphatic heterocycles. The number of methoxy groups -OCH3 is 1. The fourth-order valence-corrected chi connectivity index (χ4v) is 6.25. The molecule has 3 fully saturated rings. The molecule has 12 nitrogen and oxygen atoms in total. The standard InChI is InChI=1S/C31H49N3O9/c1-18(35)23-15-22(17-34(23)29(40)43-31(5,6)7)32-26(37)21-11-9-20(10-12-21)25(36)14-19-13-24(27(38)41-8)33(16-19)28(39)42-30(2,3)4/h19-24H,9-17H2,1-8H3,(H,32,37)/t19-,20?,21?,22+,23+,24+/m1/s1. The lowest BCUT2D eigenvalue weighted by atomic mass is 9.77. The zero-order chi connectivity index (χ0) is 32.3. The van der Waals surface area contributed by atoms with Crippen molar-refractivity contribution in [2.24, 2.45) is 17.8 Å². The maximum Gasteiger partial charge on any atom is 0.411 e. The molecular weight excluding hydrogens is 558 g/mol. The third-order valence-electron chi connectivity index (χ3n) is 8.28. The maximum absolute atomic E-state index is 13.2. The topological polar surface area (TPSA) is 149 Å². The minimum atomic E-state index is -0.790. The van der Waals surface area contributed by atoms with Gasteiger partial charge in [-0.15, -0.1) is 0 Å². The average Bonchev–Trinajstić information content (AvgIpc) is 3.51. The van der Waals surface area contributed by atoms with Crippen LogP contribution in [-0.2, 0) is 33.4 Å². The van der Waals surface area contributed by atoms with E-state index in [0.717, 1.165) is 0 Å². The monoisotopic (exact) mass is 607 g/mol. The summed E-state index contributed by atoms with van der Waals surface area (Å²) < 4.78 is 15.8. The van der Waals surface area contributed by atoms with E-state index in [2.05, 4.69) is 5.32 Å². The molecule has 0 radical (unpaired) electrons. The molecule has 242 valence electrons. The van der Waals surface area contributed by atoms with Crippen LogP contribution >= 0.6 is 0 Å². The summed E-state index contributed by atoms with van der Waals surface area (Å²) in [6.07, 6.45) is 1.99. The number of ketones is 2. The van der Waals surface area contributed by atoms with Gasteiger partial charge in [-0.1, -0.05) is 0 Å². The smallest absolute Gasteiger partial charge is 0.411 e. The first-order chi connectivity index (χ1) is 19.9. The Kier molecular flexibility index (Phi) is 10.9. The molecule has 43 heavy (non-hydrogen) atoms. The lowest BCUT2D eigenvalue weighted by Gasteiger charge is -2.29. The van der Waals surface area contributed by atoms with Gasteiger partial charge in [-0.3, -0.25) is 24.2 Å². The largest absolute Gasteiger partial charge is 0.467 e. The Balaban J connectivity index is 1.50. The minimum absolute atomic E-state index is 0.0756. The van der Waals surface area contributed by atoms with Crippen molar-refractivity contribution in [2.75, 3.05) is 20.2 Å². The molecular formula is C31H49N3O9. The van der Waals surface area contributed by atoms with E-state index >= 15 is 0 Å². The first-order valence-corrected chi connectivity index (χ1v) is 15.3. The number of hydrogen-bond donors (Lipinski definition) is 1. The average molecular weight is 608 g/mol. The van der Waals surface area contributed by atoms with Gasteiger partial charge in [0.25, 0.3) is 0 Å². The molecule has 0 spiro atoms. The van der Waals surface area contributed by atoms with Crippen molar-refractivity contribution in [3.63, 3.8) is 0 Å². The third-order valence-corrected chi connectivity index (χ3v) is 8.28. The van der Waals surface area contributed by atoms with Crippen molar-refractivity contribution in [1.82, 2.24) is 15.1 Å². The van der Waals surface area contributed by atoms with E-state index in [0.29, 0.717) is 38.5 Å². The fraction of sp³-hybridized carbons (Fsp3) is 0.806. The molecule has 0 unspecified atom stereocenters. The van der Waals surface area contributed by atoms with Gasteiger partial charge in [-0.05, 0) is 92.9 Å². The Hall–Kier alpha value is -3.18. The van der Waals surface area contributed by atoms with Gasteiger partial charge < -0.3 is 19.5 Å². The van der Waals surface area contributed by atoms with E-state index in [1.807, 2.05) is 0 Å². The van der Waals surface area contributed by atoms with Crippen LogP contribution in [0.15, 0.2) is 0 Å².